The summed E-state index contributed by atoms with van der Waals surface area (Å²) in [5, 5.41) is 12.1. The molecule has 0 aliphatic heterocycles. The molecule has 8 heteroatoms. The van der Waals surface area contributed by atoms with Crippen LogP contribution >= 0.6 is 15.9 Å². The van der Waals surface area contributed by atoms with E-state index in [0.29, 0.717) is 31.9 Å². The largest absolute Gasteiger partial charge is 0.504 e. The average molecular weight is 431 g/mol. The molecule has 2 aromatic carbocycles. The van der Waals surface area contributed by atoms with Crippen LogP contribution in [0.4, 0.5) is 5.82 Å². The number of hydroxylamine groups is 1. The number of pyridine rings is 1. The molecular formula is C19H15BrN2O5. The van der Waals surface area contributed by atoms with Crippen LogP contribution in [0.25, 0.3) is 10.8 Å². The van der Waals surface area contributed by atoms with Crippen molar-refractivity contribution >= 4 is 44.9 Å². The monoisotopic (exact) mass is 430 g/mol. The number of halogens is 1. The third-order valence-corrected chi connectivity index (χ3v) is 4.26. The number of anilines is 1. The topological polar surface area (TPSA) is 89.0 Å². The number of amides is 1. The molecule has 0 unspecified atom stereocenters. The quantitative estimate of drug-likeness (QED) is 0.355. The Kier molecular flexibility index (Phi) is 5.56. The highest BCUT2D eigenvalue weighted by Gasteiger charge is 2.21. The van der Waals surface area contributed by atoms with Gasteiger partial charge >= 0.3 is 5.97 Å². The van der Waals surface area contributed by atoms with Crippen molar-refractivity contribution in [2.24, 2.45) is 0 Å². The van der Waals surface area contributed by atoms with Crippen molar-refractivity contribution in [1.82, 2.24) is 4.98 Å². The van der Waals surface area contributed by atoms with Gasteiger partial charge in [-0.1, -0.05) is 25.1 Å². The second kappa shape index (κ2) is 8.05. The lowest BCUT2D eigenvalue weighted by Gasteiger charge is -2.17. The Morgan fingerprint density at radius 1 is 1.19 bits per heavy atom. The van der Waals surface area contributed by atoms with E-state index < -0.39 is 5.97 Å². The molecule has 0 saturated heterocycles. The molecule has 0 spiro atoms. The number of fused-ring (bicyclic) bond motifs is 1. The number of ether oxygens (including phenoxy) is 1. The standard InChI is InChI=1S/C19H15BrN2O5/c1-2-16(24)27-22(11-23)19-17(25)14-9-8-13(10-15(14)18(20)21-19)26-12-6-4-3-5-7-12/h3-11,25H,2H2,1H3. The first-order valence-corrected chi connectivity index (χ1v) is 8.83. The summed E-state index contributed by atoms with van der Waals surface area (Å²) in [6.07, 6.45) is 0.334. The number of aromatic nitrogens is 1. The van der Waals surface area contributed by atoms with E-state index in [0.717, 1.165) is 0 Å². The van der Waals surface area contributed by atoms with Crippen LogP contribution in [0.15, 0.2) is 53.1 Å². The first-order valence-electron chi connectivity index (χ1n) is 8.04. The summed E-state index contributed by atoms with van der Waals surface area (Å²) in [5.41, 5.74) is 0. The number of hydrogen-bond acceptors (Lipinski definition) is 6. The van der Waals surface area contributed by atoms with Gasteiger partial charge in [-0.15, -0.1) is 5.06 Å². The molecule has 0 bridgehead atoms. The maximum absolute atomic E-state index is 11.5. The number of nitrogens with zero attached hydrogens (tertiary/aromatic N) is 2. The van der Waals surface area contributed by atoms with E-state index >= 15 is 0 Å². The molecule has 0 aliphatic rings. The van der Waals surface area contributed by atoms with Gasteiger partial charge in [-0.05, 0) is 46.3 Å². The Morgan fingerprint density at radius 3 is 2.59 bits per heavy atom. The zero-order valence-corrected chi connectivity index (χ0v) is 15.8. The van der Waals surface area contributed by atoms with Crippen LogP contribution in [-0.2, 0) is 14.4 Å². The number of rotatable bonds is 6. The minimum Gasteiger partial charge on any atom is -0.504 e. The minimum absolute atomic E-state index is 0.0695. The molecule has 138 valence electrons. The van der Waals surface area contributed by atoms with E-state index in [1.165, 1.54) is 0 Å². The minimum atomic E-state index is -0.633. The predicted molar refractivity (Wildman–Crippen MR) is 103 cm³/mol. The molecule has 1 heterocycles. The van der Waals surface area contributed by atoms with Gasteiger partial charge in [0.05, 0.1) is 0 Å². The third kappa shape index (κ3) is 4.01. The molecule has 1 N–H and O–H groups in total. The number of benzene rings is 2. The van der Waals surface area contributed by atoms with E-state index in [-0.39, 0.29) is 24.4 Å². The van der Waals surface area contributed by atoms with Gasteiger partial charge in [0.25, 0.3) is 0 Å². The normalized spacial score (nSPS) is 10.4. The Bertz CT molecular complexity index is 994. The number of carbonyl (C=O) groups is 2. The van der Waals surface area contributed by atoms with Gasteiger partial charge < -0.3 is 14.7 Å². The van der Waals surface area contributed by atoms with E-state index in [2.05, 4.69) is 20.9 Å². The van der Waals surface area contributed by atoms with E-state index in [1.807, 2.05) is 30.3 Å². The highest BCUT2D eigenvalue weighted by atomic mass is 79.9. The SMILES string of the molecule is CCC(=O)ON(C=O)c1nc(Br)c2cc(Oc3ccccc3)ccc2c1O. The molecule has 7 nitrogen and oxygen atoms in total. The maximum Gasteiger partial charge on any atom is 0.332 e. The van der Waals surface area contributed by atoms with E-state index in [1.54, 1.807) is 25.1 Å². The summed E-state index contributed by atoms with van der Waals surface area (Å²) >= 11 is 3.32. The van der Waals surface area contributed by atoms with Crippen molar-refractivity contribution in [3.8, 4) is 17.2 Å². The van der Waals surface area contributed by atoms with Gasteiger partial charge in [-0.3, -0.25) is 4.79 Å². The molecular weight excluding hydrogens is 416 g/mol. The van der Waals surface area contributed by atoms with E-state index in [4.69, 9.17) is 9.57 Å². The summed E-state index contributed by atoms with van der Waals surface area (Å²) in [6.45, 7) is 1.59. The first kappa shape index (κ1) is 18.7. The molecule has 3 aromatic rings. The number of hydrogen-bond donors (Lipinski definition) is 1. The van der Waals surface area contributed by atoms with Gasteiger partial charge in [0.2, 0.25) is 12.2 Å². The highest BCUT2D eigenvalue weighted by Crippen LogP contribution is 2.39. The van der Waals surface area contributed by atoms with Crippen LogP contribution in [0.5, 0.6) is 17.2 Å². The van der Waals surface area contributed by atoms with Crippen molar-refractivity contribution in [1.29, 1.82) is 0 Å². The molecule has 1 aromatic heterocycles. The molecule has 0 atom stereocenters. The van der Waals surface area contributed by atoms with Crippen LogP contribution in [0.3, 0.4) is 0 Å². The van der Waals surface area contributed by atoms with Gasteiger partial charge in [-0.25, -0.2) is 9.78 Å². The van der Waals surface area contributed by atoms with Crippen LogP contribution in [0, 0.1) is 0 Å². The van der Waals surface area contributed by atoms with Gasteiger partial charge in [0, 0.05) is 17.2 Å². The number of carbonyl (C=O) groups excluding carboxylic acids is 2. The van der Waals surface area contributed by atoms with Crippen LogP contribution in [0.1, 0.15) is 13.3 Å². The van der Waals surface area contributed by atoms with Crippen molar-refractivity contribution in [3.05, 3.63) is 53.1 Å². The molecule has 27 heavy (non-hydrogen) atoms. The van der Waals surface area contributed by atoms with Crippen molar-refractivity contribution in [2.75, 3.05) is 5.06 Å². The lowest BCUT2D eigenvalue weighted by molar-refractivity contribution is -0.147. The summed E-state index contributed by atoms with van der Waals surface area (Å²) in [4.78, 5) is 31.8. The lowest BCUT2D eigenvalue weighted by atomic mass is 10.1. The number of para-hydroxylation sites is 1. The Morgan fingerprint density at radius 2 is 1.93 bits per heavy atom. The molecule has 0 saturated carbocycles. The fraction of sp³-hybridized carbons (Fsp3) is 0.105. The summed E-state index contributed by atoms with van der Waals surface area (Å²) in [6, 6.07) is 14.3. The molecule has 0 aliphatic carbocycles. The first-order chi connectivity index (χ1) is 13.0. The summed E-state index contributed by atoms with van der Waals surface area (Å²) in [7, 11) is 0. The zero-order valence-electron chi connectivity index (χ0n) is 14.3. The molecule has 1 amide bonds. The van der Waals surface area contributed by atoms with Crippen LogP contribution in [-0.4, -0.2) is 22.5 Å². The van der Waals surface area contributed by atoms with Gasteiger partial charge in [-0.2, -0.15) is 0 Å². The average Bonchev–Trinajstić information content (AvgIpc) is 2.69. The molecule has 0 radical (unpaired) electrons. The zero-order chi connectivity index (χ0) is 19.4. The van der Waals surface area contributed by atoms with Crippen molar-refractivity contribution in [3.63, 3.8) is 0 Å². The number of aromatic hydroxyl groups is 1. The third-order valence-electron chi connectivity index (χ3n) is 3.66. The van der Waals surface area contributed by atoms with Gasteiger partial charge in [0.1, 0.15) is 16.1 Å². The summed E-state index contributed by atoms with van der Waals surface area (Å²) in [5.74, 6) is 0.0953. The molecule has 3 rings (SSSR count). The van der Waals surface area contributed by atoms with Crippen LogP contribution < -0.4 is 9.80 Å². The Balaban J connectivity index is 2.01. The summed E-state index contributed by atoms with van der Waals surface area (Å²) < 4.78 is 6.13. The highest BCUT2D eigenvalue weighted by molar-refractivity contribution is 9.10. The maximum atomic E-state index is 11.5. The smallest absolute Gasteiger partial charge is 0.332 e. The lowest BCUT2D eigenvalue weighted by Crippen LogP contribution is -2.26. The van der Waals surface area contributed by atoms with Crippen molar-refractivity contribution in [2.45, 2.75) is 13.3 Å². The fourth-order valence-corrected chi connectivity index (χ4v) is 2.85. The van der Waals surface area contributed by atoms with E-state index in [9.17, 15) is 14.7 Å². The van der Waals surface area contributed by atoms with Gasteiger partial charge in [0.15, 0.2) is 5.75 Å². The fourth-order valence-electron chi connectivity index (χ4n) is 2.36. The second-order valence-electron chi connectivity index (χ2n) is 5.45. The predicted octanol–water partition coefficient (Wildman–Crippen LogP) is 4.33. The Hall–Kier alpha value is -3.13. The second-order valence-corrected chi connectivity index (χ2v) is 6.20. The van der Waals surface area contributed by atoms with Crippen LogP contribution in [0.2, 0.25) is 0 Å². The molecule has 0 fully saturated rings. The van der Waals surface area contributed by atoms with Crippen molar-refractivity contribution < 1.29 is 24.3 Å². The Labute approximate surface area is 163 Å².